The van der Waals surface area contributed by atoms with Gasteiger partial charge in [0, 0.05) is 11.3 Å². The second-order valence-electron chi connectivity index (χ2n) is 7.48. The summed E-state index contributed by atoms with van der Waals surface area (Å²) < 4.78 is 0. The fraction of sp³-hybridized carbons (Fsp3) is 0.391. The Morgan fingerprint density at radius 2 is 1.52 bits per heavy atom. The molecule has 0 aromatic heterocycles. The molecule has 27 heavy (non-hydrogen) atoms. The quantitative estimate of drug-likeness (QED) is 0.732. The van der Waals surface area contributed by atoms with E-state index in [1.54, 1.807) is 12.1 Å². The fourth-order valence-electron chi connectivity index (χ4n) is 2.82. The first-order valence-corrected chi connectivity index (χ1v) is 9.60. The molecule has 2 aromatic carbocycles. The zero-order chi connectivity index (χ0) is 20.0. The van der Waals surface area contributed by atoms with Crippen LogP contribution in [0.4, 0.5) is 5.69 Å². The summed E-state index contributed by atoms with van der Waals surface area (Å²) in [5.74, 6) is 0.0171. The molecule has 0 aliphatic heterocycles. The monoisotopic (exact) mass is 366 g/mol. The molecular formula is C23H30N2O2. The topological polar surface area (TPSA) is 58.2 Å². The molecule has 0 saturated heterocycles. The maximum atomic E-state index is 12.7. The van der Waals surface area contributed by atoms with Gasteiger partial charge in [0.15, 0.2) is 0 Å². The van der Waals surface area contributed by atoms with Crippen LogP contribution in [-0.2, 0) is 4.79 Å². The zero-order valence-corrected chi connectivity index (χ0v) is 16.9. The highest BCUT2D eigenvalue weighted by atomic mass is 16.2. The molecule has 0 heterocycles. The van der Waals surface area contributed by atoms with Crippen molar-refractivity contribution in [1.29, 1.82) is 0 Å². The lowest BCUT2D eigenvalue weighted by molar-refractivity contribution is -0.118. The van der Waals surface area contributed by atoms with E-state index in [1.165, 1.54) is 5.56 Å². The molecule has 4 nitrogen and oxygen atoms in total. The number of carbonyl (C=O) groups excluding carboxylic acids is 2. The Bertz CT molecular complexity index is 764. The van der Waals surface area contributed by atoms with Crippen molar-refractivity contribution in [3.63, 3.8) is 0 Å². The summed E-state index contributed by atoms with van der Waals surface area (Å²) in [6.45, 7) is 10.2. The average molecular weight is 367 g/mol. The maximum absolute atomic E-state index is 12.7. The highest BCUT2D eigenvalue weighted by molar-refractivity contribution is 6.01. The molecule has 2 rings (SSSR count). The third-order valence-electron chi connectivity index (χ3n) is 4.91. The van der Waals surface area contributed by atoms with Gasteiger partial charge in [-0.3, -0.25) is 9.59 Å². The molecule has 2 aromatic rings. The van der Waals surface area contributed by atoms with Crippen molar-refractivity contribution < 1.29 is 9.59 Å². The molecule has 144 valence electrons. The number of amides is 2. The lowest BCUT2D eigenvalue weighted by atomic mass is 9.98. The van der Waals surface area contributed by atoms with E-state index in [0.717, 1.165) is 17.7 Å². The number of hydrogen-bond donors (Lipinski definition) is 2. The van der Waals surface area contributed by atoms with Crippen LogP contribution in [0, 0.1) is 12.8 Å². The second-order valence-corrected chi connectivity index (χ2v) is 7.48. The van der Waals surface area contributed by atoms with E-state index in [2.05, 4.69) is 24.5 Å². The average Bonchev–Trinajstić information content (AvgIpc) is 2.66. The molecule has 0 fully saturated rings. The SMILES string of the molecule is CC[C@@H](C)c1ccc(NC(=O)[C@H](NC(=O)c2ccc(C)cc2)C(C)C)cc1. The van der Waals surface area contributed by atoms with Crippen LogP contribution in [0.25, 0.3) is 0 Å². The van der Waals surface area contributed by atoms with Crippen LogP contribution in [0.2, 0.25) is 0 Å². The minimum Gasteiger partial charge on any atom is -0.340 e. The van der Waals surface area contributed by atoms with Gasteiger partial charge >= 0.3 is 0 Å². The van der Waals surface area contributed by atoms with Gasteiger partial charge in [-0.2, -0.15) is 0 Å². The van der Waals surface area contributed by atoms with Gasteiger partial charge in [0.1, 0.15) is 6.04 Å². The molecule has 2 atom stereocenters. The van der Waals surface area contributed by atoms with E-state index < -0.39 is 6.04 Å². The highest BCUT2D eigenvalue weighted by Gasteiger charge is 2.24. The molecule has 0 unspecified atom stereocenters. The highest BCUT2D eigenvalue weighted by Crippen LogP contribution is 2.21. The van der Waals surface area contributed by atoms with Crippen molar-refractivity contribution in [2.24, 2.45) is 5.92 Å². The van der Waals surface area contributed by atoms with E-state index in [1.807, 2.05) is 57.2 Å². The van der Waals surface area contributed by atoms with Crippen molar-refractivity contribution in [2.45, 2.75) is 53.0 Å². The first-order valence-electron chi connectivity index (χ1n) is 9.60. The third kappa shape index (κ3) is 5.68. The summed E-state index contributed by atoms with van der Waals surface area (Å²) in [5, 5.41) is 5.78. The minimum absolute atomic E-state index is 0.0289. The van der Waals surface area contributed by atoms with E-state index in [-0.39, 0.29) is 17.7 Å². The zero-order valence-electron chi connectivity index (χ0n) is 16.9. The maximum Gasteiger partial charge on any atom is 0.251 e. The molecule has 0 bridgehead atoms. The number of aryl methyl sites for hydroxylation is 1. The molecule has 2 N–H and O–H groups in total. The molecule has 0 aliphatic carbocycles. The van der Waals surface area contributed by atoms with Gasteiger partial charge in [0.2, 0.25) is 5.91 Å². The van der Waals surface area contributed by atoms with Gasteiger partial charge in [-0.25, -0.2) is 0 Å². The van der Waals surface area contributed by atoms with Gasteiger partial charge in [0.25, 0.3) is 5.91 Å². The van der Waals surface area contributed by atoms with Crippen LogP contribution in [0.1, 0.15) is 61.5 Å². The summed E-state index contributed by atoms with van der Waals surface area (Å²) in [7, 11) is 0. The number of nitrogens with one attached hydrogen (secondary N) is 2. The minimum atomic E-state index is -0.604. The lowest BCUT2D eigenvalue weighted by Crippen LogP contribution is -2.47. The Hall–Kier alpha value is -2.62. The molecular weight excluding hydrogens is 336 g/mol. The van der Waals surface area contributed by atoms with Crippen LogP contribution in [0.3, 0.4) is 0 Å². The predicted octanol–water partition coefficient (Wildman–Crippen LogP) is 4.90. The van der Waals surface area contributed by atoms with Crippen molar-refractivity contribution >= 4 is 17.5 Å². The van der Waals surface area contributed by atoms with E-state index in [4.69, 9.17) is 0 Å². The van der Waals surface area contributed by atoms with Gasteiger partial charge in [-0.1, -0.05) is 57.5 Å². The smallest absolute Gasteiger partial charge is 0.251 e. The molecule has 0 radical (unpaired) electrons. The summed E-state index contributed by atoms with van der Waals surface area (Å²) in [6, 6.07) is 14.6. The summed E-state index contributed by atoms with van der Waals surface area (Å²) in [4.78, 5) is 25.2. The van der Waals surface area contributed by atoms with Crippen LogP contribution in [0.5, 0.6) is 0 Å². The number of carbonyl (C=O) groups is 2. The molecule has 4 heteroatoms. The van der Waals surface area contributed by atoms with Crippen molar-refractivity contribution in [2.75, 3.05) is 5.32 Å². The fourth-order valence-corrected chi connectivity index (χ4v) is 2.82. The van der Waals surface area contributed by atoms with E-state index >= 15 is 0 Å². The number of anilines is 1. The summed E-state index contributed by atoms with van der Waals surface area (Å²) >= 11 is 0. The van der Waals surface area contributed by atoms with Gasteiger partial charge in [-0.15, -0.1) is 0 Å². The Labute approximate surface area is 162 Å². The van der Waals surface area contributed by atoms with Crippen LogP contribution >= 0.6 is 0 Å². The lowest BCUT2D eigenvalue weighted by Gasteiger charge is -2.22. The van der Waals surface area contributed by atoms with Gasteiger partial charge in [0.05, 0.1) is 0 Å². The van der Waals surface area contributed by atoms with Crippen LogP contribution in [0.15, 0.2) is 48.5 Å². The van der Waals surface area contributed by atoms with Crippen molar-refractivity contribution in [3.8, 4) is 0 Å². The standard InChI is InChI=1S/C23H30N2O2/c1-6-17(5)18-11-13-20(14-12-18)24-23(27)21(15(2)3)25-22(26)19-9-7-16(4)8-10-19/h7-15,17,21H,6H2,1-5H3,(H,24,27)(H,25,26)/t17-,21-/m1/s1. The van der Waals surface area contributed by atoms with Crippen LogP contribution < -0.4 is 10.6 Å². The molecule has 2 amide bonds. The molecule has 0 saturated carbocycles. The third-order valence-corrected chi connectivity index (χ3v) is 4.91. The Kier molecular flexibility index (Phi) is 7.17. The number of benzene rings is 2. The second kappa shape index (κ2) is 9.36. The normalized spacial score (nSPS) is 13.1. The largest absolute Gasteiger partial charge is 0.340 e. The number of rotatable bonds is 7. The van der Waals surface area contributed by atoms with Crippen molar-refractivity contribution in [1.82, 2.24) is 5.32 Å². The Morgan fingerprint density at radius 3 is 2.04 bits per heavy atom. The van der Waals surface area contributed by atoms with Crippen LogP contribution in [-0.4, -0.2) is 17.9 Å². The Morgan fingerprint density at radius 1 is 0.926 bits per heavy atom. The van der Waals surface area contributed by atoms with Gasteiger partial charge in [-0.05, 0) is 55.0 Å². The van der Waals surface area contributed by atoms with E-state index in [9.17, 15) is 9.59 Å². The van der Waals surface area contributed by atoms with Gasteiger partial charge < -0.3 is 10.6 Å². The number of hydrogen-bond acceptors (Lipinski definition) is 2. The molecule has 0 aliphatic rings. The first-order chi connectivity index (χ1) is 12.8. The first kappa shape index (κ1) is 20.7. The summed E-state index contributed by atoms with van der Waals surface area (Å²) in [6.07, 6.45) is 1.08. The summed E-state index contributed by atoms with van der Waals surface area (Å²) in [5.41, 5.74) is 3.63. The van der Waals surface area contributed by atoms with Crippen molar-refractivity contribution in [3.05, 3.63) is 65.2 Å². The van der Waals surface area contributed by atoms with E-state index in [0.29, 0.717) is 11.5 Å². The Balaban J connectivity index is 2.06. The molecule has 0 spiro atoms. The predicted molar refractivity (Wildman–Crippen MR) is 111 cm³/mol.